The molecule has 4 aliphatic rings. The standard InChI is InChI=1S/C24H24N2O5/c27-12-19-23-16-3-1-2-4-17(16)25(11-18(23)26(19)22(28)9-14-5-6-14)24(29)15-7-8-20-21(10-15)31-13-30-20/h1-4,7-8,10,14,18-19,23,27H,5-6,9,11-13H2/t18-,19+,23+/m1/s1. The van der Waals surface area contributed by atoms with Crippen LogP contribution in [0, 0.1) is 5.92 Å². The molecular formula is C24H24N2O5. The van der Waals surface area contributed by atoms with Crippen LogP contribution in [0.4, 0.5) is 5.69 Å². The number of aliphatic hydroxyl groups excluding tert-OH is 1. The zero-order chi connectivity index (χ0) is 21.1. The summed E-state index contributed by atoms with van der Waals surface area (Å²) < 4.78 is 10.8. The van der Waals surface area contributed by atoms with Gasteiger partial charge in [-0.25, -0.2) is 0 Å². The molecule has 160 valence electrons. The molecule has 7 heteroatoms. The van der Waals surface area contributed by atoms with Crippen molar-refractivity contribution in [2.45, 2.75) is 37.3 Å². The number of rotatable bonds is 4. The Morgan fingerprint density at radius 3 is 2.68 bits per heavy atom. The van der Waals surface area contributed by atoms with E-state index < -0.39 is 0 Å². The molecule has 3 heterocycles. The molecule has 1 saturated heterocycles. The monoisotopic (exact) mass is 420 g/mol. The highest BCUT2D eigenvalue weighted by molar-refractivity contribution is 6.07. The van der Waals surface area contributed by atoms with Crippen LogP contribution in [-0.4, -0.2) is 53.8 Å². The first-order chi connectivity index (χ1) is 15.2. The van der Waals surface area contributed by atoms with Gasteiger partial charge in [0, 0.05) is 30.1 Å². The Balaban J connectivity index is 1.34. The summed E-state index contributed by atoms with van der Waals surface area (Å²) in [6.07, 6.45) is 2.75. The summed E-state index contributed by atoms with van der Waals surface area (Å²) in [5.41, 5.74) is 2.38. The molecule has 1 aliphatic carbocycles. The third-order valence-electron chi connectivity index (χ3n) is 7.00. The van der Waals surface area contributed by atoms with Gasteiger partial charge in [0.25, 0.3) is 5.91 Å². The second-order valence-electron chi connectivity index (χ2n) is 8.83. The summed E-state index contributed by atoms with van der Waals surface area (Å²) in [7, 11) is 0. The van der Waals surface area contributed by atoms with Gasteiger partial charge in [-0.3, -0.25) is 9.59 Å². The van der Waals surface area contributed by atoms with E-state index >= 15 is 0 Å². The van der Waals surface area contributed by atoms with E-state index in [4.69, 9.17) is 9.47 Å². The molecule has 3 atom stereocenters. The molecular weight excluding hydrogens is 396 g/mol. The Labute approximate surface area is 180 Å². The number of hydrogen-bond acceptors (Lipinski definition) is 5. The number of aliphatic hydroxyl groups is 1. The number of benzene rings is 2. The van der Waals surface area contributed by atoms with Crippen LogP contribution in [0.1, 0.15) is 41.1 Å². The molecule has 2 aromatic carbocycles. The maximum absolute atomic E-state index is 13.5. The number of ether oxygens (including phenoxy) is 2. The Kier molecular flexibility index (Phi) is 4.21. The van der Waals surface area contributed by atoms with Crippen LogP contribution in [0.3, 0.4) is 0 Å². The van der Waals surface area contributed by atoms with E-state index in [0.717, 1.165) is 24.1 Å². The van der Waals surface area contributed by atoms with Crippen molar-refractivity contribution in [2.24, 2.45) is 5.92 Å². The first kappa shape index (κ1) is 18.7. The van der Waals surface area contributed by atoms with Crippen LogP contribution in [0.2, 0.25) is 0 Å². The van der Waals surface area contributed by atoms with Gasteiger partial charge in [-0.1, -0.05) is 18.2 Å². The Bertz CT molecular complexity index is 1070. The molecule has 0 spiro atoms. The van der Waals surface area contributed by atoms with Crippen molar-refractivity contribution in [1.29, 1.82) is 0 Å². The van der Waals surface area contributed by atoms with Crippen LogP contribution in [0.15, 0.2) is 42.5 Å². The molecule has 2 amide bonds. The van der Waals surface area contributed by atoms with Gasteiger partial charge in [0.1, 0.15) is 0 Å². The van der Waals surface area contributed by atoms with Crippen molar-refractivity contribution in [3.05, 3.63) is 53.6 Å². The van der Waals surface area contributed by atoms with E-state index in [9.17, 15) is 14.7 Å². The minimum atomic E-state index is -0.222. The highest BCUT2D eigenvalue weighted by Crippen LogP contribution is 2.49. The number of carbonyl (C=O) groups is 2. The van der Waals surface area contributed by atoms with E-state index in [1.54, 1.807) is 23.1 Å². The quantitative estimate of drug-likeness (QED) is 0.822. The number of amides is 2. The van der Waals surface area contributed by atoms with Crippen LogP contribution < -0.4 is 14.4 Å². The van der Waals surface area contributed by atoms with Gasteiger partial charge < -0.3 is 24.4 Å². The molecule has 0 unspecified atom stereocenters. The fraction of sp³-hybridized carbons (Fsp3) is 0.417. The summed E-state index contributed by atoms with van der Waals surface area (Å²) in [4.78, 5) is 30.1. The average Bonchev–Trinajstić information content (AvgIpc) is 3.45. The fourth-order valence-electron chi connectivity index (χ4n) is 5.29. The molecule has 0 bridgehead atoms. The Hall–Kier alpha value is -3.06. The van der Waals surface area contributed by atoms with E-state index in [1.165, 1.54) is 0 Å². The van der Waals surface area contributed by atoms with Gasteiger partial charge in [0.2, 0.25) is 12.7 Å². The smallest absolute Gasteiger partial charge is 0.258 e. The lowest BCUT2D eigenvalue weighted by molar-refractivity contribution is -0.150. The Morgan fingerprint density at radius 1 is 1.06 bits per heavy atom. The molecule has 2 fully saturated rings. The number of para-hydroxylation sites is 1. The number of nitrogens with zero attached hydrogens (tertiary/aromatic N) is 2. The maximum atomic E-state index is 13.5. The van der Waals surface area contributed by atoms with Crippen LogP contribution >= 0.6 is 0 Å². The minimum absolute atomic E-state index is 0.0464. The van der Waals surface area contributed by atoms with Crippen molar-refractivity contribution < 1.29 is 24.2 Å². The molecule has 1 saturated carbocycles. The molecule has 7 nitrogen and oxygen atoms in total. The number of carbonyl (C=O) groups excluding carboxylic acids is 2. The summed E-state index contributed by atoms with van der Waals surface area (Å²) in [6.45, 7) is 0.508. The van der Waals surface area contributed by atoms with Gasteiger partial charge in [0.15, 0.2) is 11.5 Å². The largest absolute Gasteiger partial charge is 0.454 e. The molecule has 31 heavy (non-hydrogen) atoms. The lowest BCUT2D eigenvalue weighted by Gasteiger charge is -2.59. The Morgan fingerprint density at radius 2 is 1.87 bits per heavy atom. The summed E-state index contributed by atoms with van der Waals surface area (Å²) >= 11 is 0. The SMILES string of the molecule is O=C(c1ccc2c(c1)OCO2)N1C[C@@H]2[C@H](c3ccccc31)[C@H](CO)N2C(=O)CC1CC1. The van der Waals surface area contributed by atoms with E-state index in [-0.39, 0.29) is 43.2 Å². The second-order valence-corrected chi connectivity index (χ2v) is 8.83. The third-order valence-corrected chi connectivity index (χ3v) is 7.00. The predicted molar refractivity (Wildman–Crippen MR) is 112 cm³/mol. The number of anilines is 1. The van der Waals surface area contributed by atoms with Crippen LogP contribution in [-0.2, 0) is 4.79 Å². The van der Waals surface area contributed by atoms with Gasteiger partial charge >= 0.3 is 0 Å². The first-order valence-corrected chi connectivity index (χ1v) is 10.9. The third kappa shape index (κ3) is 2.91. The first-order valence-electron chi connectivity index (χ1n) is 10.9. The molecule has 1 N–H and O–H groups in total. The van der Waals surface area contributed by atoms with Crippen molar-refractivity contribution in [2.75, 3.05) is 24.8 Å². The van der Waals surface area contributed by atoms with Gasteiger partial charge in [-0.2, -0.15) is 0 Å². The lowest BCUT2D eigenvalue weighted by atomic mass is 9.71. The molecule has 0 radical (unpaired) electrons. The zero-order valence-corrected chi connectivity index (χ0v) is 17.1. The average molecular weight is 420 g/mol. The van der Waals surface area contributed by atoms with E-state index in [2.05, 4.69) is 0 Å². The van der Waals surface area contributed by atoms with Gasteiger partial charge in [-0.15, -0.1) is 0 Å². The zero-order valence-electron chi connectivity index (χ0n) is 17.1. The molecule has 6 rings (SSSR count). The second kappa shape index (κ2) is 6.99. The van der Waals surface area contributed by atoms with Crippen molar-refractivity contribution in [3.63, 3.8) is 0 Å². The van der Waals surface area contributed by atoms with E-state index in [0.29, 0.717) is 35.9 Å². The van der Waals surface area contributed by atoms with E-state index in [1.807, 2.05) is 29.2 Å². The van der Waals surface area contributed by atoms with Crippen molar-refractivity contribution in [1.82, 2.24) is 4.90 Å². The number of hydrogen-bond donors (Lipinski definition) is 1. The molecule has 0 aromatic heterocycles. The highest BCUT2D eigenvalue weighted by Gasteiger charge is 2.55. The molecule has 2 aromatic rings. The lowest BCUT2D eigenvalue weighted by Crippen LogP contribution is -2.70. The topological polar surface area (TPSA) is 79.3 Å². The normalized spacial score (nSPS) is 25.5. The highest BCUT2D eigenvalue weighted by atomic mass is 16.7. The summed E-state index contributed by atoms with van der Waals surface area (Å²) in [5.74, 6) is 1.69. The van der Waals surface area contributed by atoms with Gasteiger partial charge in [-0.05, 0) is 48.6 Å². The minimum Gasteiger partial charge on any atom is -0.454 e. The van der Waals surface area contributed by atoms with Crippen LogP contribution in [0.25, 0.3) is 0 Å². The molecule has 3 aliphatic heterocycles. The predicted octanol–water partition coefficient (Wildman–Crippen LogP) is 2.53. The fourth-order valence-corrected chi connectivity index (χ4v) is 5.29. The van der Waals surface area contributed by atoms with Crippen molar-refractivity contribution in [3.8, 4) is 11.5 Å². The van der Waals surface area contributed by atoms with Gasteiger partial charge in [0.05, 0.1) is 18.7 Å². The van der Waals surface area contributed by atoms with Crippen molar-refractivity contribution >= 4 is 17.5 Å². The van der Waals surface area contributed by atoms with Crippen LogP contribution in [0.5, 0.6) is 11.5 Å². The summed E-state index contributed by atoms with van der Waals surface area (Å²) in [6, 6.07) is 12.7. The maximum Gasteiger partial charge on any atom is 0.258 e. The number of likely N-dealkylation sites (tertiary alicyclic amines) is 1. The summed E-state index contributed by atoms with van der Waals surface area (Å²) in [5, 5.41) is 10.1. The number of fused-ring (bicyclic) bond motifs is 4.